The van der Waals surface area contributed by atoms with Gasteiger partial charge in [-0.2, -0.15) is 0 Å². The number of halogens is 2. The van der Waals surface area contributed by atoms with E-state index >= 15 is 0 Å². The normalized spacial score (nSPS) is 11.3. The number of pyridine rings is 1. The first kappa shape index (κ1) is 15.3. The molecular formula is C13H11BrClNO3S. The Morgan fingerprint density at radius 2 is 1.95 bits per heavy atom. The third-order valence-electron chi connectivity index (χ3n) is 2.50. The average Bonchev–Trinajstić information content (AvgIpc) is 2.40. The molecule has 106 valence electrons. The molecule has 2 rings (SSSR count). The van der Waals surface area contributed by atoms with Crippen LogP contribution in [0, 0.1) is 0 Å². The third kappa shape index (κ3) is 3.71. The zero-order chi connectivity index (χ0) is 14.8. The molecule has 0 atom stereocenters. The van der Waals surface area contributed by atoms with Gasteiger partial charge in [-0.05, 0) is 46.3 Å². The van der Waals surface area contributed by atoms with E-state index in [1.54, 1.807) is 18.3 Å². The Morgan fingerprint density at radius 3 is 2.50 bits per heavy atom. The Labute approximate surface area is 130 Å². The van der Waals surface area contributed by atoms with Crippen molar-refractivity contribution in [2.75, 3.05) is 6.26 Å². The van der Waals surface area contributed by atoms with Crippen LogP contribution in [0.1, 0.15) is 5.56 Å². The fourth-order valence-corrected chi connectivity index (χ4v) is 2.72. The van der Waals surface area contributed by atoms with Crippen molar-refractivity contribution in [3.8, 4) is 11.6 Å². The summed E-state index contributed by atoms with van der Waals surface area (Å²) in [6, 6.07) is 7.96. The maximum absolute atomic E-state index is 11.4. The highest BCUT2D eigenvalue weighted by atomic mass is 79.9. The summed E-state index contributed by atoms with van der Waals surface area (Å²) in [5, 5.41) is 0. The Balaban J connectivity index is 2.27. The van der Waals surface area contributed by atoms with Crippen LogP contribution in [0.4, 0.5) is 0 Å². The van der Waals surface area contributed by atoms with Gasteiger partial charge in [-0.3, -0.25) is 0 Å². The number of hydrogen-bond acceptors (Lipinski definition) is 4. The van der Waals surface area contributed by atoms with Gasteiger partial charge in [0.1, 0.15) is 5.75 Å². The molecule has 0 aliphatic heterocycles. The first-order chi connectivity index (χ1) is 9.40. The van der Waals surface area contributed by atoms with Crippen LogP contribution in [0.2, 0.25) is 0 Å². The lowest BCUT2D eigenvalue weighted by atomic mass is 10.3. The molecule has 1 heterocycles. The van der Waals surface area contributed by atoms with Crippen molar-refractivity contribution < 1.29 is 13.2 Å². The number of alkyl halides is 1. The molecule has 1 aromatic carbocycles. The number of rotatable bonds is 4. The summed E-state index contributed by atoms with van der Waals surface area (Å²) >= 11 is 9.15. The molecule has 0 saturated carbocycles. The summed E-state index contributed by atoms with van der Waals surface area (Å²) in [5.74, 6) is 1.16. The minimum atomic E-state index is -3.21. The summed E-state index contributed by atoms with van der Waals surface area (Å²) in [7, 11) is -3.21. The fourth-order valence-electron chi connectivity index (χ4n) is 1.52. The molecule has 4 nitrogen and oxygen atoms in total. The summed E-state index contributed by atoms with van der Waals surface area (Å²) in [5.41, 5.74) is 0.744. The van der Waals surface area contributed by atoms with E-state index in [4.69, 9.17) is 16.3 Å². The smallest absolute Gasteiger partial charge is 0.223 e. The monoisotopic (exact) mass is 375 g/mol. The largest absolute Gasteiger partial charge is 0.439 e. The van der Waals surface area contributed by atoms with Crippen LogP contribution in [0.3, 0.4) is 0 Å². The van der Waals surface area contributed by atoms with Gasteiger partial charge < -0.3 is 4.74 Å². The molecule has 0 radical (unpaired) electrons. The first-order valence-electron chi connectivity index (χ1n) is 5.58. The molecule has 0 saturated heterocycles. The van der Waals surface area contributed by atoms with Crippen LogP contribution in [0.25, 0.3) is 0 Å². The maximum Gasteiger partial charge on any atom is 0.223 e. The zero-order valence-electron chi connectivity index (χ0n) is 10.5. The van der Waals surface area contributed by atoms with Crippen molar-refractivity contribution in [2.45, 2.75) is 10.8 Å². The van der Waals surface area contributed by atoms with Gasteiger partial charge in [-0.15, -0.1) is 11.6 Å². The molecule has 0 amide bonds. The number of sulfone groups is 1. The van der Waals surface area contributed by atoms with Gasteiger partial charge in [0.25, 0.3) is 0 Å². The molecule has 0 N–H and O–H groups in total. The molecule has 2 aromatic rings. The van der Waals surface area contributed by atoms with Gasteiger partial charge in [0.15, 0.2) is 9.84 Å². The van der Waals surface area contributed by atoms with Gasteiger partial charge in [0, 0.05) is 22.5 Å². The molecular weight excluding hydrogens is 366 g/mol. The summed E-state index contributed by atoms with van der Waals surface area (Å²) in [6.07, 6.45) is 2.76. The van der Waals surface area contributed by atoms with E-state index < -0.39 is 9.84 Å². The van der Waals surface area contributed by atoms with Crippen molar-refractivity contribution in [1.82, 2.24) is 4.98 Å². The highest BCUT2D eigenvalue weighted by molar-refractivity contribution is 9.10. The Kier molecular flexibility index (Phi) is 4.67. The topological polar surface area (TPSA) is 56.3 Å². The van der Waals surface area contributed by atoms with Crippen molar-refractivity contribution >= 4 is 37.4 Å². The van der Waals surface area contributed by atoms with Crippen LogP contribution < -0.4 is 4.74 Å². The summed E-state index contributed by atoms with van der Waals surface area (Å²) in [6.45, 7) is 0. The molecule has 0 aliphatic carbocycles. The SMILES string of the molecule is CS(=O)(=O)c1ccc(Oc2ncc(Br)cc2CCl)cc1. The van der Waals surface area contributed by atoms with E-state index in [9.17, 15) is 8.42 Å². The van der Waals surface area contributed by atoms with Gasteiger partial charge in [0.2, 0.25) is 5.88 Å². The van der Waals surface area contributed by atoms with E-state index in [0.29, 0.717) is 11.6 Å². The maximum atomic E-state index is 11.4. The summed E-state index contributed by atoms with van der Waals surface area (Å²) < 4.78 is 29.2. The lowest BCUT2D eigenvalue weighted by Gasteiger charge is -2.09. The average molecular weight is 377 g/mol. The number of hydrogen-bond donors (Lipinski definition) is 0. The van der Waals surface area contributed by atoms with E-state index in [1.165, 1.54) is 12.1 Å². The van der Waals surface area contributed by atoms with Gasteiger partial charge >= 0.3 is 0 Å². The molecule has 0 aliphatic rings. The quantitative estimate of drug-likeness (QED) is 0.762. The van der Waals surface area contributed by atoms with Crippen LogP contribution in [-0.4, -0.2) is 19.7 Å². The lowest BCUT2D eigenvalue weighted by molar-refractivity contribution is 0.457. The second-order valence-electron chi connectivity index (χ2n) is 4.10. The summed E-state index contributed by atoms with van der Waals surface area (Å²) in [4.78, 5) is 4.39. The van der Waals surface area contributed by atoms with Crippen molar-refractivity contribution in [3.05, 3.63) is 46.6 Å². The number of aromatic nitrogens is 1. The molecule has 1 aromatic heterocycles. The molecule has 7 heteroatoms. The predicted molar refractivity (Wildman–Crippen MR) is 81.1 cm³/mol. The number of nitrogens with zero attached hydrogens (tertiary/aromatic N) is 1. The van der Waals surface area contributed by atoms with Gasteiger partial charge in [0.05, 0.1) is 10.8 Å². The van der Waals surface area contributed by atoms with Crippen LogP contribution in [0.15, 0.2) is 45.9 Å². The van der Waals surface area contributed by atoms with Crippen molar-refractivity contribution in [1.29, 1.82) is 0 Å². The van der Waals surface area contributed by atoms with E-state index in [0.717, 1.165) is 16.3 Å². The van der Waals surface area contributed by atoms with Crippen molar-refractivity contribution in [2.24, 2.45) is 0 Å². The molecule has 0 bridgehead atoms. The van der Waals surface area contributed by atoms with Gasteiger partial charge in [-0.25, -0.2) is 13.4 Å². The Hall–Kier alpha value is -1.11. The minimum Gasteiger partial charge on any atom is -0.439 e. The van der Waals surface area contributed by atoms with Crippen molar-refractivity contribution in [3.63, 3.8) is 0 Å². The second kappa shape index (κ2) is 6.11. The first-order valence-corrected chi connectivity index (χ1v) is 8.80. The van der Waals surface area contributed by atoms with Gasteiger partial charge in [-0.1, -0.05) is 0 Å². The molecule has 0 unspecified atom stereocenters. The van der Waals surface area contributed by atoms with E-state index in [1.807, 2.05) is 6.07 Å². The van der Waals surface area contributed by atoms with Crippen LogP contribution >= 0.6 is 27.5 Å². The fraction of sp³-hybridized carbons (Fsp3) is 0.154. The lowest BCUT2D eigenvalue weighted by Crippen LogP contribution is -1.97. The second-order valence-corrected chi connectivity index (χ2v) is 7.30. The standard InChI is InChI=1S/C13H11BrClNO3S/c1-20(17,18)12-4-2-11(3-5-12)19-13-9(7-15)6-10(14)8-16-13/h2-6,8H,7H2,1H3. The van der Waals surface area contributed by atoms with Crippen LogP contribution in [-0.2, 0) is 15.7 Å². The molecule has 0 spiro atoms. The predicted octanol–water partition coefficient (Wildman–Crippen LogP) is 3.78. The number of ether oxygens (including phenoxy) is 1. The van der Waals surface area contributed by atoms with E-state index in [2.05, 4.69) is 20.9 Å². The van der Waals surface area contributed by atoms with E-state index in [-0.39, 0.29) is 10.8 Å². The minimum absolute atomic E-state index is 0.242. The highest BCUT2D eigenvalue weighted by Gasteiger charge is 2.09. The molecule has 20 heavy (non-hydrogen) atoms. The van der Waals surface area contributed by atoms with Crippen LogP contribution in [0.5, 0.6) is 11.6 Å². The highest BCUT2D eigenvalue weighted by Crippen LogP contribution is 2.27. The number of benzene rings is 1. The zero-order valence-corrected chi connectivity index (χ0v) is 13.7. The molecule has 0 fully saturated rings. The third-order valence-corrected chi connectivity index (χ3v) is 4.35. The Bertz CT molecular complexity index is 717. The Morgan fingerprint density at radius 1 is 1.30 bits per heavy atom.